The maximum Gasteiger partial charge on any atom is 0.191 e. The lowest BCUT2D eigenvalue weighted by atomic mass is 10.0. The third kappa shape index (κ3) is 6.02. The number of halogens is 1. The van der Waals surface area contributed by atoms with Gasteiger partial charge in [0.1, 0.15) is 12.4 Å². The largest absolute Gasteiger partial charge is 0.492 e. The molecule has 1 fully saturated rings. The van der Waals surface area contributed by atoms with Crippen LogP contribution in [0.5, 0.6) is 5.75 Å². The van der Waals surface area contributed by atoms with Crippen molar-refractivity contribution in [2.45, 2.75) is 39.2 Å². The molecule has 2 N–H and O–H groups in total. The predicted molar refractivity (Wildman–Crippen MR) is 104 cm³/mol. The topological polar surface area (TPSA) is 45.7 Å². The Balaban J connectivity index is 0.00000242. The summed E-state index contributed by atoms with van der Waals surface area (Å²) in [6.07, 6.45) is 1.24. The molecule has 2 unspecified atom stereocenters. The van der Waals surface area contributed by atoms with E-state index in [-0.39, 0.29) is 24.0 Å². The number of rotatable bonds is 6. The van der Waals surface area contributed by atoms with Gasteiger partial charge in [0.25, 0.3) is 0 Å². The fourth-order valence-electron chi connectivity index (χ4n) is 2.18. The number of nitrogens with one attached hydrogen (secondary N) is 2. The van der Waals surface area contributed by atoms with Crippen LogP contribution >= 0.6 is 24.0 Å². The molecule has 0 aromatic heterocycles. The molecule has 0 radical (unpaired) electrons. The molecule has 1 saturated carbocycles. The van der Waals surface area contributed by atoms with Crippen LogP contribution in [-0.4, -0.2) is 32.2 Å². The van der Waals surface area contributed by atoms with Crippen molar-refractivity contribution >= 4 is 29.9 Å². The van der Waals surface area contributed by atoms with E-state index in [4.69, 9.17) is 4.74 Å². The highest BCUT2D eigenvalue weighted by atomic mass is 127. The van der Waals surface area contributed by atoms with Gasteiger partial charge in [0.05, 0.1) is 6.54 Å². The number of hydrogen-bond acceptors (Lipinski definition) is 2. The van der Waals surface area contributed by atoms with Crippen molar-refractivity contribution in [1.82, 2.24) is 10.6 Å². The summed E-state index contributed by atoms with van der Waals surface area (Å²) in [4.78, 5) is 4.22. The SMILES string of the molecule is CN=C(NCCOc1ccc(C(C)C)cc1)NC1CC1C.I. The molecular weight excluding hydrogens is 389 g/mol. The van der Waals surface area contributed by atoms with Crippen LogP contribution in [0, 0.1) is 5.92 Å². The first-order chi connectivity index (χ1) is 10.1. The number of aliphatic imine (C=N–C) groups is 1. The molecule has 1 aromatic rings. The lowest BCUT2D eigenvalue weighted by Gasteiger charge is -2.12. The van der Waals surface area contributed by atoms with Crippen molar-refractivity contribution in [3.8, 4) is 5.75 Å². The molecule has 5 heteroatoms. The highest BCUT2D eigenvalue weighted by molar-refractivity contribution is 14.0. The Morgan fingerprint density at radius 1 is 1.32 bits per heavy atom. The van der Waals surface area contributed by atoms with Crippen LogP contribution in [0.4, 0.5) is 0 Å². The van der Waals surface area contributed by atoms with Gasteiger partial charge in [-0.05, 0) is 36.0 Å². The van der Waals surface area contributed by atoms with E-state index in [1.54, 1.807) is 7.05 Å². The van der Waals surface area contributed by atoms with E-state index in [0.717, 1.165) is 24.2 Å². The summed E-state index contributed by atoms with van der Waals surface area (Å²) in [5, 5.41) is 6.67. The molecule has 1 aromatic carbocycles. The summed E-state index contributed by atoms with van der Waals surface area (Å²) in [6, 6.07) is 8.91. The minimum Gasteiger partial charge on any atom is -0.492 e. The van der Waals surface area contributed by atoms with E-state index in [1.807, 2.05) is 12.1 Å². The summed E-state index contributed by atoms with van der Waals surface area (Å²) >= 11 is 0. The van der Waals surface area contributed by atoms with Gasteiger partial charge in [0.15, 0.2) is 5.96 Å². The lowest BCUT2D eigenvalue weighted by molar-refractivity contribution is 0.321. The van der Waals surface area contributed by atoms with Gasteiger partial charge < -0.3 is 15.4 Å². The van der Waals surface area contributed by atoms with Crippen LogP contribution in [0.3, 0.4) is 0 Å². The van der Waals surface area contributed by atoms with Crippen LogP contribution in [-0.2, 0) is 0 Å². The summed E-state index contributed by atoms with van der Waals surface area (Å²) in [5.41, 5.74) is 1.34. The van der Waals surface area contributed by atoms with E-state index in [9.17, 15) is 0 Å². The molecule has 124 valence electrons. The molecule has 22 heavy (non-hydrogen) atoms. The standard InChI is InChI=1S/C17H27N3O.HI/c1-12(2)14-5-7-15(8-6-14)21-10-9-19-17(18-4)20-16-11-13(16)3;/h5-8,12-13,16H,9-11H2,1-4H3,(H2,18,19,20);1H. The fourth-order valence-corrected chi connectivity index (χ4v) is 2.18. The molecule has 1 aliphatic rings. The fraction of sp³-hybridized carbons (Fsp3) is 0.588. The Labute approximate surface area is 151 Å². The van der Waals surface area contributed by atoms with Crippen LogP contribution in [0.1, 0.15) is 38.7 Å². The van der Waals surface area contributed by atoms with E-state index in [0.29, 0.717) is 18.6 Å². The van der Waals surface area contributed by atoms with Gasteiger partial charge in [0, 0.05) is 13.1 Å². The quantitative estimate of drug-likeness (QED) is 0.323. The Bertz CT molecular complexity index is 473. The van der Waals surface area contributed by atoms with Crippen molar-refractivity contribution in [2.75, 3.05) is 20.2 Å². The number of hydrogen-bond donors (Lipinski definition) is 2. The normalized spacial score (nSPS) is 20.3. The summed E-state index contributed by atoms with van der Waals surface area (Å²) in [5.74, 6) is 3.10. The monoisotopic (exact) mass is 417 g/mol. The summed E-state index contributed by atoms with van der Waals surface area (Å²) < 4.78 is 5.73. The van der Waals surface area contributed by atoms with Gasteiger partial charge in [-0.25, -0.2) is 0 Å². The van der Waals surface area contributed by atoms with Crippen LogP contribution in [0.25, 0.3) is 0 Å². The second-order valence-corrected chi connectivity index (χ2v) is 6.04. The minimum absolute atomic E-state index is 0. The average molecular weight is 417 g/mol. The smallest absolute Gasteiger partial charge is 0.191 e. The first kappa shape index (κ1) is 19.1. The first-order valence-electron chi connectivity index (χ1n) is 7.80. The van der Waals surface area contributed by atoms with Crippen molar-refractivity contribution in [3.05, 3.63) is 29.8 Å². The number of nitrogens with zero attached hydrogens (tertiary/aromatic N) is 1. The Morgan fingerprint density at radius 2 is 1.95 bits per heavy atom. The molecular formula is C17H28IN3O. The van der Waals surface area contributed by atoms with Gasteiger partial charge in [0.2, 0.25) is 0 Å². The zero-order valence-corrected chi connectivity index (χ0v) is 16.3. The Hall–Kier alpha value is -0.980. The number of benzene rings is 1. The van der Waals surface area contributed by atoms with Crippen molar-refractivity contribution in [2.24, 2.45) is 10.9 Å². The zero-order valence-electron chi connectivity index (χ0n) is 13.9. The first-order valence-corrected chi connectivity index (χ1v) is 7.80. The van der Waals surface area contributed by atoms with E-state index < -0.39 is 0 Å². The Kier molecular flexibility index (Phi) is 8.00. The third-order valence-electron chi connectivity index (χ3n) is 3.87. The molecule has 0 saturated heterocycles. The van der Waals surface area contributed by atoms with Gasteiger partial charge >= 0.3 is 0 Å². The molecule has 0 aliphatic heterocycles. The Morgan fingerprint density at radius 3 is 2.45 bits per heavy atom. The van der Waals surface area contributed by atoms with Gasteiger partial charge in [-0.15, -0.1) is 24.0 Å². The average Bonchev–Trinajstić information content (AvgIpc) is 3.18. The van der Waals surface area contributed by atoms with Crippen LogP contribution in [0.2, 0.25) is 0 Å². The van der Waals surface area contributed by atoms with Crippen LogP contribution < -0.4 is 15.4 Å². The zero-order chi connectivity index (χ0) is 15.2. The molecule has 0 spiro atoms. The van der Waals surface area contributed by atoms with Gasteiger partial charge in [-0.2, -0.15) is 0 Å². The van der Waals surface area contributed by atoms with E-state index in [1.165, 1.54) is 12.0 Å². The highest BCUT2D eigenvalue weighted by Gasteiger charge is 2.33. The van der Waals surface area contributed by atoms with E-state index >= 15 is 0 Å². The summed E-state index contributed by atoms with van der Waals surface area (Å²) in [7, 11) is 1.80. The summed E-state index contributed by atoms with van der Waals surface area (Å²) in [6.45, 7) is 8.00. The van der Waals surface area contributed by atoms with Gasteiger partial charge in [-0.3, -0.25) is 4.99 Å². The predicted octanol–water partition coefficient (Wildman–Crippen LogP) is 3.38. The second-order valence-electron chi connectivity index (χ2n) is 6.04. The van der Waals surface area contributed by atoms with Crippen molar-refractivity contribution < 1.29 is 4.74 Å². The molecule has 0 heterocycles. The number of ether oxygens (including phenoxy) is 1. The van der Waals surface area contributed by atoms with Crippen molar-refractivity contribution in [3.63, 3.8) is 0 Å². The number of guanidine groups is 1. The maximum absolute atomic E-state index is 5.73. The highest BCUT2D eigenvalue weighted by Crippen LogP contribution is 2.28. The third-order valence-corrected chi connectivity index (χ3v) is 3.87. The second kappa shape index (κ2) is 9.22. The molecule has 1 aliphatic carbocycles. The molecule has 0 bridgehead atoms. The molecule has 2 atom stereocenters. The molecule has 0 amide bonds. The van der Waals surface area contributed by atoms with Gasteiger partial charge in [-0.1, -0.05) is 32.9 Å². The van der Waals surface area contributed by atoms with Crippen molar-refractivity contribution in [1.29, 1.82) is 0 Å². The van der Waals surface area contributed by atoms with Crippen LogP contribution in [0.15, 0.2) is 29.3 Å². The molecule has 4 nitrogen and oxygen atoms in total. The molecule has 2 rings (SSSR count). The maximum atomic E-state index is 5.73. The minimum atomic E-state index is 0. The van der Waals surface area contributed by atoms with E-state index in [2.05, 4.69) is 48.5 Å². The lowest BCUT2D eigenvalue weighted by Crippen LogP contribution is -2.40.